The van der Waals surface area contributed by atoms with Crippen LogP contribution in [0.5, 0.6) is 0 Å². The minimum absolute atomic E-state index is 0.418. The Kier molecular flexibility index (Phi) is 8.63. The fraction of sp³-hybridized carbons (Fsp3) is 0.259. The molecule has 2 heterocycles. The van der Waals surface area contributed by atoms with E-state index in [9.17, 15) is 4.79 Å². The molecule has 184 valence electrons. The normalized spacial score (nSPS) is 11.0. The molecular formula is C27H27ClN6O2. The standard InChI is InChI=1S/C27H27ClN6O2/c28-21-12-18(15-29)11-19(13-21)16-31-6-1-2-9-36-10-8-33-27-23-5-7-32-17-24(23)22-4-3-20(26(30)35)14-25(22)34-27/h3-5,7,11-14,17,31H,1-2,6,8-10,16H2,(H2,30,35)(H,33,34). The Hall–Kier alpha value is -3.77. The fourth-order valence-corrected chi connectivity index (χ4v) is 4.24. The summed E-state index contributed by atoms with van der Waals surface area (Å²) in [5.41, 5.74) is 8.10. The minimum Gasteiger partial charge on any atom is -0.380 e. The summed E-state index contributed by atoms with van der Waals surface area (Å²) in [6.07, 6.45) is 5.45. The van der Waals surface area contributed by atoms with E-state index in [0.717, 1.165) is 46.9 Å². The topological polar surface area (TPSA) is 126 Å². The number of nitrogens with two attached hydrogens (primary N) is 1. The predicted octanol–water partition coefficient (Wildman–Crippen LogP) is 4.41. The largest absolute Gasteiger partial charge is 0.380 e. The van der Waals surface area contributed by atoms with Gasteiger partial charge < -0.3 is 21.1 Å². The maximum atomic E-state index is 11.6. The van der Waals surface area contributed by atoms with Crippen molar-refractivity contribution in [1.29, 1.82) is 5.26 Å². The second kappa shape index (κ2) is 12.3. The molecule has 0 fully saturated rings. The molecule has 36 heavy (non-hydrogen) atoms. The first-order valence-corrected chi connectivity index (χ1v) is 12.1. The van der Waals surface area contributed by atoms with Crippen molar-refractivity contribution in [1.82, 2.24) is 15.3 Å². The molecule has 0 aliphatic carbocycles. The zero-order chi connectivity index (χ0) is 25.3. The molecule has 2 aromatic carbocycles. The van der Waals surface area contributed by atoms with Crippen LogP contribution in [0.25, 0.3) is 21.7 Å². The molecule has 0 bridgehead atoms. The molecule has 0 spiro atoms. The zero-order valence-corrected chi connectivity index (χ0v) is 20.5. The SMILES string of the molecule is N#Cc1cc(Cl)cc(CNCCCCOCCNc2nc3cc(C(N)=O)ccc3c3cnccc23)c1. The monoisotopic (exact) mass is 502 g/mol. The van der Waals surface area contributed by atoms with Crippen LogP contribution >= 0.6 is 11.6 Å². The first kappa shape index (κ1) is 25.3. The van der Waals surface area contributed by atoms with Gasteiger partial charge in [0.2, 0.25) is 5.91 Å². The lowest BCUT2D eigenvalue weighted by Gasteiger charge is -2.12. The average Bonchev–Trinajstić information content (AvgIpc) is 2.89. The van der Waals surface area contributed by atoms with Crippen LogP contribution in [0, 0.1) is 11.3 Å². The number of carbonyl (C=O) groups is 1. The van der Waals surface area contributed by atoms with Crippen LogP contribution in [0.3, 0.4) is 0 Å². The number of aromatic nitrogens is 2. The number of amides is 1. The van der Waals surface area contributed by atoms with Gasteiger partial charge in [-0.1, -0.05) is 17.7 Å². The van der Waals surface area contributed by atoms with Crippen LogP contribution in [0.2, 0.25) is 5.02 Å². The zero-order valence-electron chi connectivity index (χ0n) is 19.8. The summed E-state index contributed by atoms with van der Waals surface area (Å²) in [4.78, 5) is 20.5. The molecule has 8 nitrogen and oxygen atoms in total. The fourth-order valence-electron chi connectivity index (χ4n) is 3.98. The highest BCUT2D eigenvalue weighted by Crippen LogP contribution is 2.29. The number of rotatable bonds is 12. The van der Waals surface area contributed by atoms with Crippen molar-refractivity contribution in [3.63, 3.8) is 0 Å². The smallest absolute Gasteiger partial charge is 0.248 e. The van der Waals surface area contributed by atoms with E-state index in [2.05, 4.69) is 21.7 Å². The van der Waals surface area contributed by atoms with Crippen molar-refractivity contribution >= 4 is 45.0 Å². The Bertz CT molecular complexity index is 1420. The van der Waals surface area contributed by atoms with Gasteiger partial charge in [0.05, 0.1) is 23.8 Å². The molecule has 2 aromatic heterocycles. The van der Waals surface area contributed by atoms with Gasteiger partial charge in [-0.25, -0.2) is 4.98 Å². The van der Waals surface area contributed by atoms with Crippen molar-refractivity contribution in [2.45, 2.75) is 19.4 Å². The lowest BCUT2D eigenvalue weighted by molar-refractivity contribution is 0.100. The minimum atomic E-state index is -0.485. The second-order valence-corrected chi connectivity index (χ2v) is 8.80. The summed E-state index contributed by atoms with van der Waals surface area (Å²) in [7, 11) is 0. The first-order valence-electron chi connectivity index (χ1n) is 11.7. The number of pyridine rings is 2. The molecule has 0 unspecified atom stereocenters. The third kappa shape index (κ3) is 6.46. The summed E-state index contributed by atoms with van der Waals surface area (Å²) in [5, 5.41) is 19.1. The Morgan fingerprint density at radius 1 is 1.06 bits per heavy atom. The van der Waals surface area contributed by atoms with Gasteiger partial charge in [0, 0.05) is 58.8 Å². The number of ether oxygens (including phenoxy) is 1. The van der Waals surface area contributed by atoms with Gasteiger partial charge in [0.1, 0.15) is 5.82 Å². The summed E-state index contributed by atoms with van der Waals surface area (Å²) >= 11 is 6.04. The lowest BCUT2D eigenvalue weighted by Crippen LogP contribution is -2.16. The van der Waals surface area contributed by atoms with Gasteiger partial charge in [-0.3, -0.25) is 9.78 Å². The maximum absolute atomic E-state index is 11.6. The van der Waals surface area contributed by atoms with E-state index in [1.54, 1.807) is 30.6 Å². The molecular weight excluding hydrogens is 476 g/mol. The highest BCUT2D eigenvalue weighted by Gasteiger charge is 2.10. The van der Waals surface area contributed by atoms with E-state index in [0.29, 0.717) is 48.0 Å². The number of carbonyl (C=O) groups excluding carboxylic acids is 1. The van der Waals surface area contributed by atoms with Crippen LogP contribution in [-0.2, 0) is 11.3 Å². The molecule has 1 amide bonds. The van der Waals surface area contributed by atoms with Crippen molar-refractivity contribution in [3.8, 4) is 6.07 Å². The molecule has 0 radical (unpaired) electrons. The number of halogens is 1. The van der Waals surface area contributed by atoms with Crippen LogP contribution in [0.4, 0.5) is 5.82 Å². The Balaban J connectivity index is 1.21. The number of hydrogen-bond donors (Lipinski definition) is 3. The van der Waals surface area contributed by atoms with Gasteiger partial charge in [-0.15, -0.1) is 0 Å². The van der Waals surface area contributed by atoms with Gasteiger partial charge in [0.15, 0.2) is 0 Å². The number of nitrogens with zero attached hydrogens (tertiary/aromatic N) is 3. The van der Waals surface area contributed by atoms with Crippen LogP contribution in [0.1, 0.15) is 34.3 Å². The number of nitrogens with one attached hydrogen (secondary N) is 2. The molecule has 0 aliphatic rings. The number of anilines is 1. The Morgan fingerprint density at radius 3 is 2.78 bits per heavy atom. The van der Waals surface area contributed by atoms with Gasteiger partial charge in [0.25, 0.3) is 0 Å². The summed E-state index contributed by atoms with van der Waals surface area (Å²) in [6.45, 7) is 3.32. The van der Waals surface area contributed by atoms with E-state index >= 15 is 0 Å². The van der Waals surface area contributed by atoms with Crippen molar-refractivity contribution in [3.05, 3.63) is 76.6 Å². The molecule has 4 N–H and O–H groups in total. The van der Waals surface area contributed by atoms with E-state index < -0.39 is 5.91 Å². The highest BCUT2D eigenvalue weighted by molar-refractivity contribution is 6.30. The number of primary amides is 1. The predicted molar refractivity (Wildman–Crippen MR) is 142 cm³/mol. The highest BCUT2D eigenvalue weighted by atomic mass is 35.5. The molecule has 0 aliphatic heterocycles. The van der Waals surface area contributed by atoms with Crippen molar-refractivity contribution in [2.75, 3.05) is 31.6 Å². The van der Waals surface area contributed by atoms with E-state index in [1.165, 1.54) is 0 Å². The summed E-state index contributed by atoms with van der Waals surface area (Å²) in [6, 6.07) is 14.7. The van der Waals surface area contributed by atoms with Crippen LogP contribution in [-0.4, -0.2) is 42.2 Å². The van der Waals surface area contributed by atoms with Crippen LogP contribution in [0.15, 0.2) is 54.9 Å². The Labute approximate surface area is 214 Å². The molecule has 0 saturated carbocycles. The van der Waals surface area contributed by atoms with Crippen LogP contribution < -0.4 is 16.4 Å². The third-order valence-corrected chi connectivity index (χ3v) is 5.95. The summed E-state index contributed by atoms with van der Waals surface area (Å²) < 4.78 is 5.77. The quantitative estimate of drug-likeness (QED) is 0.193. The number of unbranched alkanes of at least 4 members (excludes halogenated alkanes) is 1. The third-order valence-electron chi connectivity index (χ3n) is 5.73. The van der Waals surface area contributed by atoms with Gasteiger partial charge in [-0.05, 0) is 61.3 Å². The molecule has 9 heteroatoms. The first-order chi connectivity index (χ1) is 17.5. The Morgan fingerprint density at radius 2 is 1.94 bits per heavy atom. The summed E-state index contributed by atoms with van der Waals surface area (Å²) in [5.74, 6) is 0.232. The van der Waals surface area contributed by atoms with E-state index in [-0.39, 0.29) is 0 Å². The molecule has 0 saturated heterocycles. The van der Waals surface area contributed by atoms with Gasteiger partial charge in [-0.2, -0.15) is 5.26 Å². The molecule has 4 aromatic rings. The van der Waals surface area contributed by atoms with E-state index in [1.807, 2.05) is 24.3 Å². The van der Waals surface area contributed by atoms with Gasteiger partial charge >= 0.3 is 0 Å². The maximum Gasteiger partial charge on any atom is 0.248 e. The van der Waals surface area contributed by atoms with Crippen molar-refractivity contribution < 1.29 is 9.53 Å². The number of hydrogen-bond acceptors (Lipinski definition) is 7. The second-order valence-electron chi connectivity index (χ2n) is 8.36. The number of fused-ring (bicyclic) bond motifs is 3. The molecule has 0 atom stereocenters. The van der Waals surface area contributed by atoms with Crippen molar-refractivity contribution in [2.24, 2.45) is 5.73 Å². The average molecular weight is 503 g/mol. The molecule has 4 rings (SSSR count). The number of benzene rings is 2. The van der Waals surface area contributed by atoms with E-state index in [4.69, 9.17) is 32.3 Å². The number of nitriles is 1. The lowest BCUT2D eigenvalue weighted by atomic mass is 10.1.